The highest BCUT2D eigenvalue weighted by atomic mass is 19.1. The first kappa shape index (κ1) is 17.4. The minimum Gasteiger partial charge on any atom is -0.491 e. The van der Waals surface area contributed by atoms with E-state index in [1.165, 1.54) is 12.1 Å². The van der Waals surface area contributed by atoms with Crippen molar-refractivity contribution in [1.82, 2.24) is 4.98 Å². The summed E-state index contributed by atoms with van der Waals surface area (Å²) in [6.45, 7) is 0.0818. The molecule has 5 nitrogen and oxygen atoms in total. The van der Waals surface area contributed by atoms with Crippen LogP contribution in [-0.4, -0.2) is 23.3 Å². The average Bonchev–Trinajstić information content (AvgIpc) is 2.66. The van der Waals surface area contributed by atoms with Crippen LogP contribution in [0.15, 0.2) is 54.6 Å². The highest BCUT2D eigenvalue weighted by Gasteiger charge is 2.14. The van der Waals surface area contributed by atoms with E-state index in [1.54, 1.807) is 36.4 Å². The number of nitriles is 1. The zero-order valence-corrected chi connectivity index (χ0v) is 13.8. The van der Waals surface area contributed by atoms with Gasteiger partial charge in [-0.25, -0.2) is 9.37 Å². The van der Waals surface area contributed by atoms with Crippen molar-refractivity contribution in [2.24, 2.45) is 0 Å². The Bertz CT molecular complexity index is 966. The Morgan fingerprint density at radius 1 is 1.12 bits per heavy atom. The van der Waals surface area contributed by atoms with E-state index in [1.807, 2.05) is 6.07 Å². The van der Waals surface area contributed by atoms with Gasteiger partial charge in [-0.05, 0) is 48.0 Å². The summed E-state index contributed by atoms with van der Waals surface area (Å²) in [5.41, 5.74) is 8.81. The first-order chi connectivity index (χ1) is 12.6. The predicted octanol–water partition coefficient (Wildman–Crippen LogP) is 3.38. The van der Waals surface area contributed by atoms with Crippen LogP contribution in [0.4, 0.5) is 10.2 Å². The van der Waals surface area contributed by atoms with Gasteiger partial charge >= 0.3 is 0 Å². The first-order valence-corrected chi connectivity index (χ1v) is 7.93. The van der Waals surface area contributed by atoms with E-state index >= 15 is 0 Å². The second-order valence-electron chi connectivity index (χ2n) is 5.53. The summed E-state index contributed by atoms with van der Waals surface area (Å²) in [7, 11) is 0. The van der Waals surface area contributed by atoms with E-state index in [4.69, 9.17) is 15.6 Å². The molecule has 0 bridgehead atoms. The molecule has 0 radical (unpaired) electrons. The maximum absolute atomic E-state index is 13.2. The van der Waals surface area contributed by atoms with Crippen molar-refractivity contribution in [2.45, 2.75) is 0 Å². The highest BCUT2D eigenvalue weighted by Crippen LogP contribution is 2.32. The van der Waals surface area contributed by atoms with Gasteiger partial charge in [0.05, 0.1) is 12.3 Å². The molecule has 1 aromatic heterocycles. The number of benzene rings is 2. The number of hydrogen-bond donors (Lipinski definition) is 2. The van der Waals surface area contributed by atoms with Crippen molar-refractivity contribution < 1.29 is 14.2 Å². The Hall–Kier alpha value is -3.43. The van der Waals surface area contributed by atoms with Gasteiger partial charge in [0.1, 0.15) is 35.6 Å². The molecule has 0 spiro atoms. The Kier molecular flexibility index (Phi) is 5.11. The van der Waals surface area contributed by atoms with E-state index in [9.17, 15) is 9.65 Å². The highest BCUT2D eigenvalue weighted by molar-refractivity contribution is 5.80. The normalized spacial score (nSPS) is 10.3. The number of nitrogen functional groups attached to an aromatic ring is 1. The summed E-state index contributed by atoms with van der Waals surface area (Å²) in [5, 5.41) is 18.4. The van der Waals surface area contributed by atoms with E-state index < -0.39 is 0 Å². The average molecular weight is 349 g/mol. The molecule has 3 aromatic rings. The monoisotopic (exact) mass is 349 g/mol. The van der Waals surface area contributed by atoms with Crippen molar-refractivity contribution in [3.8, 4) is 34.2 Å². The van der Waals surface area contributed by atoms with Gasteiger partial charge in [-0.1, -0.05) is 12.1 Å². The van der Waals surface area contributed by atoms with Gasteiger partial charge in [0.2, 0.25) is 0 Å². The molecule has 0 saturated heterocycles. The SMILES string of the molecule is N#Cc1c(-c2cccc(OCCO)c2)cc(-c2ccc(F)cc2)nc1N. The molecule has 26 heavy (non-hydrogen) atoms. The van der Waals surface area contributed by atoms with Crippen LogP contribution < -0.4 is 10.5 Å². The van der Waals surface area contributed by atoms with Crippen LogP contribution in [0.5, 0.6) is 5.75 Å². The van der Waals surface area contributed by atoms with Crippen molar-refractivity contribution in [3.05, 3.63) is 66.0 Å². The maximum Gasteiger partial charge on any atom is 0.142 e. The largest absolute Gasteiger partial charge is 0.491 e. The van der Waals surface area contributed by atoms with E-state index in [0.29, 0.717) is 22.6 Å². The summed E-state index contributed by atoms with van der Waals surface area (Å²) in [6, 6.07) is 16.9. The predicted molar refractivity (Wildman–Crippen MR) is 96.8 cm³/mol. The van der Waals surface area contributed by atoms with Gasteiger partial charge in [0.15, 0.2) is 0 Å². The van der Waals surface area contributed by atoms with Crippen LogP contribution in [0, 0.1) is 17.1 Å². The Morgan fingerprint density at radius 2 is 1.88 bits per heavy atom. The molecule has 0 aliphatic rings. The molecule has 0 unspecified atom stereocenters. The quantitative estimate of drug-likeness (QED) is 0.737. The molecule has 1 heterocycles. The molecule has 6 heteroatoms. The second-order valence-corrected chi connectivity index (χ2v) is 5.53. The lowest BCUT2D eigenvalue weighted by molar-refractivity contribution is 0.201. The van der Waals surface area contributed by atoms with Gasteiger partial charge in [-0.3, -0.25) is 0 Å². The third-order valence-electron chi connectivity index (χ3n) is 3.80. The zero-order valence-electron chi connectivity index (χ0n) is 13.8. The number of nitrogens with two attached hydrogens (primary N) is 1. The molecule has 3 N–H and O–H groups in total. The molecular weight excluding hydrogens is 333 g/mol. The van der Waals surface area contributed by atoms with Crippen molar-refractivity contribution in [1.29, 1.82) is 5.26 Å². The van der Waals surface area contributed by atoms with Gasteiger partial charge in [0, 0.05) is 11.1 Å². The third-order valence-corrected chi connectivity index (χ3v) is 3.80. The summed E-state index contributed by atoms with van der Waals surface area (Å²) in [5.74, 6) is 0.328. The molecule has 130 valence electrons. The fraction of sp³-hybridized carbons (Fsp3) is 0.100. The molecule has 0 aliphatic carbocycles. The van der Waals surface area contributed by atoms with Crippen LogP contribution in [0.3, 0.4) is 0 Å². The molecule has 0 atom stereocenters. The molecule has 0 saturated carbocycles. The van der Waals surface area contributed by atoms with Crippen molar-refractivity contribution in [2.75, 3.05) is 18.9 Å². The topological polar surface area (TPSA) is 92.2 Å². The first-order valence-electron chi connectivity index (χ1n) is 7.93. The molecule has 2 aromatic carbocycles. The Morgan fingerprint density at radius 3 is 2.58 bits per heavy atom. The number of aromatic nitrogens is 1. The second kappa shape index (κ2) is 7.64. The number of pyridine rings is 1. The lowest BCUT2D eigenvalue weighted by Crippen LogP contribution is -2.02. The smallest absolute Gasteiger partial charge is 0.142 e. The summed E-state index contributed by atoms with van der Waals surface area (Å²) >= 11 is 0. The van der Waals surface area contributed by atoms with Crippen molar-refractivity contribution in [3.63, 3.8) is 0 Å². The van der Waals surface area contributed by atoms with E-state index in [-0.39, 0.29) is 30.4 Å². The zero-order chi connectivity index (χ0) is 18.5. The number of hydrogen-bond acceptors (Lipinski definition) is 5. The number of aliphatic hydroxyl groups is 1. The van der Waals surface area contributed by atoms with Crippen LogP contribution in [0.2, 0.25) is 0 Å². The van der Waals surface area contributed by atoms with Crippen LogP contribution in [0.25, 0.3) is 22.4 Å². The summed E-state index contributed by atoms with van der Waals surface area (Å²) in [4.78, 5) is 4.27. The Labute approximate surface area is 150 Å². The molecular formula is C20H16FN3O2. The number of anilines is 1. The third kappa shape index (κ3) is 3.63. The fourth-order valence-corrected chi connectivity index (χ4v) is 2.60. The maximum atomic E-state index is 13.2. The molecule has 0 amide bonds. The van der Waals surface area contributed by atoms with Crippen LogP contribution in [0.1, 0.15) is 5.56 Å². The van der Waals surface area contributed by atoms with E-state index in [2.05, 4.69) is 11.1 Å². The lowest BCUT2D eigenvalue weighted by Gasteiger charge is -2.12. The van der Waals surface area contributed by atoms with Crippen LogP contribution >= 0.6 is 0 Å². The minimum absolute atomic E-state index is 0.0927. The summed E-state index contributed by atoms with van der Waals surface area (Å²) in [6.07, 6.45) is 0. The van der Waals surface area contributed by atoms with Gasteiger partial charge in [-0.15, -0.1) is 0 Å². The lowest BCUT2D eigenvalue weighted by atomic mass is 9.98. The molecule has 0 aliphatic heterocycles. The number of halogens is 1. The molecule has 0 fully saturated rings. The van der Waals surface area contributed by atoms with Crippen LogP contribution in [-0.2, 0) is 0 Å². The molecule has 3 rings (SSSR count). The minimum atomic E-state index is -0.343. The standard InChI is InChI=1S/C20H16FN3O2/c21-15-6-4-13(5-7-15)19-11-17(18(12-22)20(23)24-19)14-2-1-3-16(10-14)26-9-8-25/h1-7,10-11,25H,8-9H2,(H2,23,24). The van der Waals surface area contributed by atoms with Gasteiger partial charge in [-0.2, -0.15) is 5.26 Å². The number of rotatable bonds is 5. The fourth-order valence-electron chi connectivity index (χ4n) is 2.60. The number of ether oxygens (including phenoxy) is 1. The van der Waals surface area contributed by atoms with Gasteiger partial charge < -0.3 is 15.6 Å². The Balaban J connectivity index is 2.11. The van der Waals surface area contributed by atoms with E-state index in [0.717, 1.165) is 5.56 Å². The van der Waals surface area contributed by atoms with Crippen molar-refractivity contribution >= 4 is 5.82 Å². The number of nitrogens with zero attached hydrogens (tertiary/aromatic N) is 2. The number of aliphatic hydroxyl groups excluding tert-OH is 1. The summed E-state index contributed by atoms with van der Waals surface area (Å²) < 4.78 is 18.6. The van der Waals surface area contributed by atoms with Gasteiger partial charge in [0.25, 0.3) is 0 Å².